The molecule has 3 rings (SSSR count). The van der Waals surface area contributed by atoms with Gasteiger partial charge in [-0.15, -0.1) is 0 Å². The minimum absolute atomic E-state index is 0.577. The molecule has 4 heteroatoms. The molecule has 2 aliphatic heterocycles. The smallest absolute Gasteiger partial charge is 0.195 e. The van der Waals surface area contributed by atoms with Gasteiger partial charge < -0.3 is 14.6 Å². The van der Waals surface area contributed by atoms with Gasteiger partial charge in [-0.25, -0.2) is 4.98 Å². The van der Waals surface area contributed by atoms with Crippen LogP contribution in [-0.4, -0.2) is 42.6 Å². The fourth-order valence-corrected chi connectivity index (χ4v) is 2.92. The monoisotopic (exact) mass is 235 g/mol. The quantitative estimate of drug-likeness (QED) is 0.859. The fraction of sp³-hybridized carbons (Fsp3) is 0.769. The van der Waals surface area contributed by atoms with Gasteiger partial charge in [-0.1, -0.05) is 0 Å². The molecule has 2 atom stereocenters. The summed E-state index contributed by atoms with van der Waals surface area (Å²) in [5, 5.41) is 3.48. The minimum Gasteiger partial charge on any atom is -0.449 e. The van der Waals surface area contributed by atoms with Gasteiger partial charge in [0.2, 0.25) is 0 Å². The zero-order valence-electron chi connectivity index (χ0n) is 10.5. The molecule has 1 aromatic rings. The molecule has 0 bridgehead atoms. The lowest BCUT2D eigenvalue weighted by atomic mass is 10.1. The van der Waals surface area contributed by atoms with Crippen molar-refractivity contribution < 1.29 is 4.42 Å². The van der Waals surface area contributed by atoms with Crippen LogP contribution in [0.25, 0.3) is 0 Å². The number of nitrogens with one attached hydrogen (secondary N) is 1. The molecule has 2 aliphatic rings. The highest BCUT2D eigenvalue weighted by atomic mass is 16.3. The maximum absolute atomic E-state index is 5.60. The van der Waals surface area contributed by atoms with Gasteiger partial charge in [0.1, 0.15) is 6.26 Å². The van der Waals surface area contributed by atoms with E-state index in [1.54, 1.807) is 0 Å². The van der Waals surface area contributed by atoms with Crippen molar-refractivity contribution in [2.24, 2.45) is 0 Å². The van der Waals surface area contributed by atoms with Crippen molar-refractivity contribution in [3.05, 3.63) is 17.8 Å². The van der Waals surface area contributed by atoms with Gasteiger partial charge in [-0.05, 0) is 39.4 Å². The minimum atomic E-state index is 0.577. The number of oxazole rings is 1. The summed E-state index contributed by atoms with van der Waals surface area (Å²) >= 11 is 0. The first kappa shape index (κ1) is 11.2. The first-order chi connectivity index (χ1) is 8.31. The van der Waals surface area contributed by atoms with Crippen LogP contribution in [0.4, 0.5) is 0 Å². The molecule has 1 N–H and O–H groups in total. The van der Waals surface area contributed by atoms with Crippen LogP contribution in [0, 0.1) is 0 Å². The molecule has 17 heavy (non-hydrogen) atoms. The molecule has 2 fully saturated rings. The Morgan fingerprint density at radius 1 is 1.53 bits per heavy atom. The number of aromatic nitrogens is 1. The topological polar surface area (TPSA) is 41.3 Å². The zero-order chi connectivity index (χ0) is 11.7. The van der Waals surface area contributed by atoms with E-state index < -0.39 is 0 Å². The Hall–Kier alpha value is -0.870. The van der Waals surface area contributed by atoms with Crippen LogP contribution < -0.4 is 5.32 Å². The van der Waals surface area contributed by atoms with Crippen LogP contribution in [0.2, 0.25) is 0 Å². The molecule has 0 radical (unpaired) electrons. The highest BCUT2D eigenvalue weighted by molar-refractivity contribution is 5.08. The molecular weight excluding hydrogens is 214 g/mol. The van der Waals surface area contributed by atoms with E-state index in [0.717, 1.165) is 31.1 Å². The molecule has 1 aromatic heterocycles. The van der Waals surface area contributed by atoms with Gasteiger partial charge >= 0.3 is 0 Å². The summed E-state index contributed by atoms with van der Waals surface area (Å²) < 4.78 is 5.60. The molecule has 94 valence electrons. The number of hydrogen-bond acceptors (Lipinski definition) is 4. The van der Waals surface area contributed by atoms with E-state index >= 15 is 0 Å². The summed E-state index contributed by atoms with van der Waals surface area (Å²) in [5.41, 5.74) is 1.15. The molecule has 3 heterocycles. The van der Waals surface area contributed by atoms with Crippen molar-refractivity contribution in [3.8, 4) is 0 Å². The average Bonchev–Trinajstić information content (AvgIpc) is 2.99. The highest BCUT2D eigenvalue weighted by Gasteiger charge is 2.25. The summed E-state index contributed by atoms with van der Waals surface area (Å²) in [6.07, 6.45) is 6.57. The number of nitrogens with zero attached hydrogens (tertiary/aromatic N) is 2. The molecule has 0 aliphatic carbocycles. The van der Waals surface area contributed by atoms with Gasteiger partial charge in [0.05, 0.1) is 5.69 Å². The van der Waals surface area contributed by atoms with Crippen LogP contribution in [0.15, 0.2) is 10.7 Å². The molecule has 4 nitrogen and oxygen atoms in total. The Balaban J connectivity index is 1.61. The molecule has 2 saturated heterocycles. The van der Waals surface area contributed by atoms with Crippen LogP contribution in [0.3, 0.4) is 0 Å². The molecular formula is C13H21N3O. The predicted octanol–water partition coefficient (Wildman–Crippen LogP) is 1.39. The van der Waals surface area contributed by atoms with Crippen molar-refractivity contribution in [1.82, 2.24) is 15.2 Å². The first-order valence-electron chi connectivity index (χ1n) is 6.67. The second-order valence-electron chi connectivity index (χ2n) is 5.41. The van der Waals surface area contributed by atoms with Crippen LogP contribution in [0.1, 0.15) is 36.8 Å². The van der Waals surface area contributed by atoms with Crippen LogP contribution in [0.5, 0.6) is 0 Å². The number of likely N-dealkylation sites (N-methyl/N-ethyl adjacent to an activating group) is 1. The Morgan fingerprint density at radius 2 is 2.47 bits per heavy atom. The zero-order valence-corrected chi connectivity index (χ0v) is 10.5. The van der Waals surface area contributed by atoms with Crippen molar-refractivity contribution >= 4 is 0 Å². The first-order valence-corrected chi connectivity index (χ1v) is 6.67. The van der Waals surface area contributed by atoms with Crippen molar-refractivity contribution in [3.63, 3.8) is 0 Å². The Morgan fingerprint density at radius 3 is 3.18 bits per heavy atom. The summed E-state index contributed by atoms with van der Waals surface area (Å²) in [5.74, 6) is 1.49. The van der Waals surface area contributed by atoms with E-state index in [9.17, 15) is 0 Å². The summed E-state index contributed by atoms with van der Waals surface area (Å²) in [6, 6.07) is 0.577. The van der Waals surface area contributed by atoms with E-state index in [0.29, 0.717) is 12.0 Å². The van der Waals surface area contributed by atoms with E-state index in [-0.39, 0.29) is 0 Å². The van der Waals surface area contributed by atoms with Gasteiger partial charge in [0.25, 0.3) is 0 Å². The molecule has 0 saturated carbocycles. The van der Waals surface area contributed by atoms with Gasteiger partial charge in [-0.2, -0.15) is 0 Å². The Kier molecular flexibility index (Phi) is 3.16. The summed E-state index contributed by atoms with van der Waals surface area (Å²) in [7, 11) is 2.17. The number of hydrogen-bond donors (Lipinski definition) is 1. The van der Waals surface area contributed by atoms with Gasteiger partial charge in [0, 0.05) is 24.9 Å². The largest absolute Gasteiger partial charge is 0.449 e. The third kappa shape index (κ3) is 2.53. The van der Waals surface area contributed by atoms with Gasteiger partial charge in [-0.3, -0.25) is 0 Å². The third-order valence-corrected chi connectivity index (χ3v) is 3.96. The van der Waals surface area contributed by atoms with Crippen molar-refractivity contribution in [1.29, 1.82) is 0 Å². The predicted molar refractivity (Wildman–Crippen MR) is 66.1 cm³/mol. The third-order valence-electron chi connectivity index (χ3n) is 3.96. The van der Waals surface area contributed by atoms with E-state index in [1.165, 1.54) is 25.8 Å². The molecule has 0 aromatic carbocycles. The standard InChI is InChI=1S/C13H21N3O/c1-16-6-4-10(8-16)12-9-17-13(15-12)7-11-3-2-5-14-11/h9-11,14H,2-8H2,1H3. The molecule has 2 unspecified atom stereocenters. The number of likely N-dealkylation sites (tertiary alicyclic amines) is 1. The van der Waals surface area contributed by atoms with Crippen molar-refractivity contribution in [2.45, 2.75) is 37.6 Å². The molecule has 0 spiro atoms. The Labute approximate surface area is 102 Å². The normalized spacial score (nSPS) is 30.2. The lowest BCUT2D eigenvalue weighted by molar-refractivity contribution is 0.410. The Bertz CT molecular complexity index is 370. The summed E-state index contributed by atoms with van der Waals surface area (Å²) in [6.45, 7) is 3.44. The lowest BCUT2D eigenvalue weighted by Gasteiger charge is -2.07. The van der Waals surface area contributed by atoms with Crippen LogP contribution >= 0.6 is 0 Å². The second kappa shape index (κ2) is 4.78. The maximum Gasteiger partial charge on any atom is 0.195 e. The highest BCUT2D eigenvalue weighted by Crippen LogP contribution is 2.26. The lowest BCUT2D eigenvalue weighted by Crippen LogP contribution is -2.23. The summed E-state index contributed by atoms with van der Waals surface area (Å²) in [4.78, 5) is 7.02. The second-order valence-corrected chi connectivity index (χ2v) is 5.41. The number of rotatable bonds is 3. The van der Waals surface area contributed by atoms with E-state index in [2.05, 4.69) is 22.2 Å². The van der Waals surface area contributed by atoms with Crippen molar-refractivity contribution in [2.75, 3.05) is 26.7 Å². The van der Waals surface area contributed by atoms with Crippen LogP contribution in [-0.2, 0) is 6.42 Å². The van der Waals surface area contributed by atoms with E-state index in [1.807, 2.05) is 6.26 Å². The maximum atomic E-state index is 5.60. The average molecular weight is 235 g/mol. The van der Waals surface area contributed by atoms with Gasteiger partial charge in [0.15, 0.2) is 5.89 Å². The molecule has 0 amide bonds. The fourth-order valence-electron chi connectivity index (χ4n) is 2.92. The van der Waals surface area contributed by atoms with E-state index in [4.69, 9.17) is 4.42 Å². The SMILES string of the molecule is CN1CCC(c2coc(CC3CCCN3)n2)C1.